The van der Waals surface area contributed by atoms with Gasteiger partial charge in [-0.3, -0.25) is 0 Å². The van der Waals surface area contributed by atoms with Crippen molar-refractivity contribution >= 4 is 5.97 Å². The summed E-state index contributed by atoms with van der Waals surface area (Å²) in [5, 5.41) is 0. The molecule has 0 amide bonds. The monoisotopic (exact) mass is 318 g/mol. The molecule has 2 bridgehead atoms. The number of carbonyl (C=O) groups excluding carboxylic acids is 1. The molecule has 0 N–H and O–H groups in total. The summed E-state index contributed by atoms with van der Waals surface area (Å²) in [6.45, 7) is 10.5. The minimum absolute atomic E-state index is 0.0132. The van der Waals surface area contributed by atoms with E-state index in [2.05, 4.69) is 33.4 Å². The molecule has 0 aromatic carbocycles. The number of esters is 1. The molecule has 3 rings (SSSR count). The third kappa shape index (κ3) is 3.71. The fraction of sp³-hybridized carbons (Fsp3) is 0.750. The number of epoxide rings is 1. The van der Waals surface area contributed by atoms with Gasteiger partial charge in [-0.15, -0.1) is 0 Å². The highest BCUT2D eigenvalue weighted by atomic mass is 16.6. The third-order valence-electron chi connectivity index (χ3n) is 6.06. The van der Waals surface area contributed by atoms with Gasteiger partial charge in [0, 0.05) is 5.57 Å². The van der Waals surface area contributed by atoms with Gasteiger partial charge in [-0.2, -0.15) is 0 Å². The van der Waals surface area contributed by atoms with Crippen LogP contribution in [0.25, 0.3) is 0 Å². The second kappa shape index (κ2) is 6.08. The average molecular weight is 318 g/mol. The van der Waals surface area contributed by atoms with Crippen molar-refractivity contribution in [2.24, 2.45) is 5.92 Å². The lowest BCUT2D eigenvalue weighted by Gasteiger charge is -2.28. The van der Waals surface area contributed by atoms with E-state index >= 15 is 0 Å². The third-order valence-corrected chi connectivity index (χ3v) is 6.06. The largest absolute Gasteiger partial charge is 0.456 e. The van der Waals surface area contributed by atoms with Gasteiger partial charge < -0.3 is 9.47 Å². The van der Waals surface area contributed by atoms with Crippen LogP contribution in [0.1, 0.15) is 72.1 Å². The zero-order chi connectivity index (χ0) is 16.7. The van der Waals surface area contributed by atoms with Crippen molar-refractivity contribution in [1.82, 2.24) is 0 Å². The summed E-state index contributed by atoms with van der Waals surface area (Å²) in [5.74, 6) is 0.0101. The molecule has 2 saturated heterocycles. The van der Waals surface area contributed by atoms with E-state index in [1.54, 1.807) is 0 Å². The van der Waals surface area contributed by atoms with Crippen LogP contribution in [0.3, 0.4) is 0 Å². The van der Waals surface area contributed by atoms with Gasteiger partial charge in [0.25, 0.3) is 0 Å². The molecular weight excluding hydrogens is 288 g/mol. The fourth-order valence-corrected chi connectivity index (χ4v) is 4.11. The number of ether oxygens (including phenoxy) is 2. The van der Waals surface area contributed by atoms with Gasteiger partial charge in [-0.05, 0) is 78.1 Å². The van der Waals surface area contributed by atoms with Crippen molar-refractivity contribution in [3.8, 4) is 0 Å². The number of hydrogen-bond donors (Lipinski definition) is 0. The topological polar surface area (TPSA) is 38.8 Å². The summed E-state index contributed by atoms with van der Waals surface area (Å²) in [7, 11) is 0. The Bertz CT molecular complexity index is 535. The minimum Gasteiger partial charge on any atom is -0.456 e. The van der Waals surface area contributed by atoms with Gasteiger partial charge in [0.05, 0.1) is 11.7 Å². The summed E-state index contributed by atoms with van der Waals surface area (Å²) in [5.41, 5.74) is 1.73. The summed E-state index contributed by atoms with van der Waals surface area (Å²) in [6, 6.07) is 0. The van der Waals surface area contributed by atoms with Crippen molar-refractivity contribution in [1.29, 1.82) is 0 Å². The Hall–Kier alpha value is -1.09. The molecule has 4 unspecified atom stereocenters. The molecule has 0 spiro atoms. The van der Waals surface area contributed by atoms with Crippen molar-refractivity contribution in [2.45, 2.75) is 89.4 Å². The fourth-order valence-electron chi connectivity index (χ4n) is 4.11. The molecule has 4 atom stereocenters. The number of allylic oxidation sites excluding steroid dienone is 2. The Balaban J connectivity index is 1.80. The second-order valence-corrected chi connectivity index (χ2v) is 8.20. The van der Waals surface area contributed by atoms with Gasteiger partial charge in [0.2, 0.25) is 0 Å². The van der Waals surface area contributed by atoms with Gasteiger partial charge >= 0.3 is 5.97 Å². The second-order valence-electron chi connectivity index (χ2n) is 8.20. The first-order valence-electron chi connectivity index (χ1n) is 9.07. The molecule has 1 aliphatic carbocycles. The smallest absolute Gasteiger partial charge is 0.334 e. The molecule has 0 saturated carbocycles. The van der Waals surface area contributed by atoms with E-state index in [4.69, 9.17) is 9.47 Å². The van der Waals surface area contributed by atoms with Crippen LogP contribution >= 0.6 is 0 Å². The lowest BCUT2D eigenvalue weighted by atomic mass is 9.83. The Morgan fingerprint density at radius 1 is 1.26 bits per heavy atom. The minimum atomic E-state index is -0.340. The van der Waals surface area contributed by atoms with Gasteiger partial charge in [0.1, 0.15) is 5.60 Å². The van der Waals surface area contributed by atoms with Crippen molar-refractivity contribution < 1.29 is 14.3 Å². The molecule has 0 aromatic rings. The quantitative estimate of drug-likeness (QED) is 0.281. The van der Waals surface area contributed by atoms with Crippen molar-refractivity contribution in [3.05, 3.63) is 23.8 Å². The maximum atomic E-state index is 12.4. The van der Waals surface area contributed by atoms with Crippen LogP contribution in [0.5, 0.6) is 0 Å². The van der Waals surface area contributed by atoms with Crippen LogP contribution in [-0.4, -0.2) is 23.3 Å². The van der Waals surface area contributed by atoms with Gasteiger partial charge in [-0.25, -0.2) is 4.79 Å². The maximum absolute atomic E-state index is 12.4. The maximum Gasteiger partial charge on any atom is 0.334 e. The molecule has 3 nitrogen and oxygen atoms in total. The summed E-state index contributed by atoms with van der Waals surface area (Å²) < 4.78 is 11.8. The van der Waals surface area contributed by atoms with Gasteiger partial charge in [0.15, 0.2) is 0 Å². The predicted octanol–water partition coefficient (Wildman–Crippen LogP) is 4.71. The van der Waals surface area contributed by atoms with E-state index in [9.17, 15) is 4.79 Å². The Morgan fingerprint density at radius 3 is 2.83 bits per heavy atom. The zero-order valence-corrected chi connectivity index (χ0v) is 14.8. The first-order chi connectivity index (χ1) is 10.8. The summed E-state index contributed by atoms with van der Waals surface area (Å²) in [6.07, 6.45) is 10.7. The highest BCUT2D eigenvalue weighted by molar-refractivity contribution is 5.88. The lowest BCUT2D eigenvalue weighted by Crippen LogP contribution is -2.30. The molecule has 2 fully saturated rings. The molecule has 0 radical (unpaired) electrons. The number of carbonyl (C=O) groups is 1. The number of hydrogen-bond acceptors (Lipinski definition) is 3. The Kier molecular flexibility index (Phi) is 4.43. The first-order valence-corrected chi connectivity index (χ1v) is 9.07. The molecule has 0 aromatic heterocycles. The summed E-state index contributed by atoms with van der Waals surface area (Å²) >= 11 is 0. The predicted molar refractivity (Wildman–Crippen MR) is 91.1 cm³/mol. The zero-order valence-electron chi connectivity index (χ0n) is 14.8. The van der Waals surface area contributed by atoms with Crippen LogP contribution in [0, 0.1) is 5.92 Å². The van der Waals surface area contributed by atoms with Crippen LogP contribution in [0.15, 0.2) is 23.8 Å². The molecule has 2 heterocycles. The molecular formula is C20H30O3. The Morgan fingerprint density at radius 2 is 2.04 bits per heavy atom. The number of fused-ring (bicyclic) bond motifs is 4. The van der Waals surface area contributed by atoms with Crippen molar-refractivity contribution in [2.75, 3.05) is 0 Å². The molecule has 3 heteroatoms. The molecule has 3 aliphatic rings. The Labute approximate surface area is 140 Å². The lowest BCUT2D eigenvalue weighted by molar-refractivity contribution is -0.153. The van der Waals surface area contributed by atoms with E-state index in [0.717, 1.165) is 51.4 Å². The molecule has 2 aliphatic heterocycles. The SMILES string of the molecule is C=C1C(=O)OC2(C)CCCC(C)=CCCC3(C)OC3CC1CC2. The van der Waals surface area contributed by atoms with Crippen LogP contribution in [-0.2, 0) is 14.3 Å². The average Bonchev–Trinajstić information content (AvgIpc) is 3.13. The van der Waals surface area contributed by atoms with Crippen LogP contribution in [0.4, 0.5) is 0 Å². The molecule has 23 heavy (non-hydrogen) atoms. The van der Waals surface area contributed by atoms with E-state index < -0.39 is 0 Å². The summed E-state index contributed by atoms with van der Waals surface area (Å²) in [4.78, 5) is 12.4. The van der Waals surface area contributed by atoms with Crippen LogP contribution in [0.2, 0.25) is 0 Å². The van der Waals surface area contributed by atoms with E-state index in [0.29, 0.717) is 5.57 Å². The normalized spacial score (nSPS) is 42.1. The van der Waals surface area contributed by atoms with E-state index in [-0.39, 0.29) is 29.2 Å². The van der Waals surface area contributed by atoms with Gasteiger partial charge in [-0.1, -0.05) is 18.2 Å². The molecule has 128 valence electrons. The standard InChI is InChI=1S/C20H30O3/c1-14-7-5-10-19(3)12-9-16(15(2)18(21)23-19)13-17-20(4,22-17)11-6-8-14/h8,16-17H,2,5-7,9-13H2,1,3-4H3. The van der Waals surface area contributed by atoms with Crippen molar-refractivity contribution in [3.63, 3.8) is 0 Å². The number of rotatable bonds is 0. The van der Waals surface area contributed by atoms with E-state index in [1.807, 2.05) is 0 Å². The van der Waals surface area contributed by atoms with Crippen LogP contribution < -0.4 is 0 Å². The first kappa shape index (κ1) is 16.8. The van der Waals surface area contributed by atoms with E-state index in [1.165, 1.54) is 5.57 Å². The highest BCUT2D eigenvalue weighted by Gasteiger charge is 2.52. The highest BCUT2D eigenvalue weighted by Crippen LogP contribution is 2.47.